The monoisotopic (exact) mass is 330 g/mol. The molecule has 1 aliphatic heterocycles. The van der Waals surface area contributed by atoms with Gasteiger partial charge in [-0.05, 0) is 63.3 Å². The fourth-order valence-electron chi connectivity index (χ4n) is 2.99. The molecule has 1 N–H and O–H groups in total. The molecule has 0 spiro atoms. The number of halogens is 1. The number of nitrogens with one attached hydrogen (secondary N) is 1. The van der Waals surface area contributed by atoms with Gasteiger partial charge in [-0.15, -0.1) is 10.2 Å². The standard InChI is InChI=1S/C18H23FN4O/c1-23(2)18(9-11-24-12-10-18)13-20-17-8-7-16(21-22-17)14-3-5-15(19)6-4-14/h3-8H,9-13H2,1-2H3,(H,20,22). The zero-order valence-corrected chi connectivity index (χ0v) is 14.1. The topological polar surface area (TPSA) is 50.3 Å². The van der Waals surface area contributed by atoms with Crippen molar-refractivity contribution in [3.8, 4) is 11.3 Å². The summed E-state index contributed by atoms with van der Waals surface area (Å²) in [7, 11) is 4.21. The third-order valence-electron chi connectivity index (χ3n) is 4.78. The number of hydrogen-bond donors (Lipinski definition) is 1. The molecule has 0 bridgehead atoms. The normalized spacial score (nSPS) is 17.0. The lowest BCUT2D eigenvalue weighted by Gasteiger charge is -2.42. The van der Waals surface area contributed by atoms with Crippen LogP contribution in [0.4, 0.5) is 10.2 Å². The largest absolute Gasteiger partial charge is 0.381 e. The Morgan fingerprint density at radius 2 is 1.79 bits per heavy atom. The maximum atomic E-state index is 13.0. The van der Waals surface area contributed by atoms with Gasteiger partial charge in [-0.1, -0.05) is 0 Å². The van der Waals surface area contributed by atoms with Crippen molar-refractivity contribution >= 4 is 5.82 Å². The molecule has 1 aromatic carbocycles. The second-order valence-electron chi connectivity index (χ2n) is 6.40. The second kappa shape index (κ2) is 7.23. The Hall–Kier alpha value is -2.05. The number of likely N-dealkylation sites (N-methyl/N-ethyl adjacent to an activating group) is 1. The highest BCUT2D eigenvalue weighted by atomic mass is 19.1. The molecule has 0 atom stereocenters. The fraction of sp³-hybridized carbons (Fsp3) is 0.444. The Balaban J connectivity index is 1.66. The van der Waals surface area contributed by atoms with E-state index in [0.717, 1.165) is 49.7 Å². The molecule has 1 fully saturated rings. The molecule has 2 aromatic rings. The van der Waals surface area contributed by atoms with Crippen LogP contribution < -0.4 is 5.32 Å². The molecule has 3 rings (SSSR count). The van der Waals surface area contributed by atoms with Crippen molar-refractivity contribution in [3.63, 3.8) is 0 Å². The van der Waals surface area contributed by atoms with E-state index in [-0.39, 0.29) is 11.4 Å². The summed E-state index contributed by atoms with van der Waals surface area (Å²) in [4.78, 5) is 2.27. The molecule has 24 heavy (non-hydrogen) atoms. The van der Waals surface area contributed by atoms with E-state index in [1.807, 2.05) is 12.1 Å². The van der Waals surface area contributed by atoms with Crippen LogP contribution in [0, 0.1) is 5.82 Å². The average Bonchev–Trinajstić information content (AvgIpc) is 2.62. The molecule has 0 radical (unpaired) electrons. The molecule has 0 amide bonds. The fourth-order valence-corrected chi connectivity index (χ4v) is 2.99. The van der Waals surface area contributed by atoms with Gasteiger partial charge in [0.15, 0.2) is 0 Å². The molecule has 1 saturated heterocycles. The van der Waals surface area contributed by atoms with Crippen LogP contribution >= 0.6 is 0 Å². The van der Waals surface area contributed by atoms with Gasteiger partial charge in [0.05, 0.1) is 5.69 Å². The first-order valence-electron chi connectivity index (χ1n) is 8.18. The number of ether oxygens (including phenoxy) is 1. The van der Waals surface area contributed by atoms with Gasteiger partial charge in [-0.3, -0.25) is 0 Å². The molecule has 0 aliphatic carbocycles. The summed E-state index contributed by atoms with van der Waals surface area (Å²) in [5.74, 6) is 0.490. The summed E-state index contributed by atoms with van der Waals surface area (Å²) >= 11 is 0. The van der Waals surface area contributed by atoms with Gasteiger partial charge in [-0.25, -0.2) is 4.39 Å². The third-order valence-corrected chi connectivity index (χ3v) is 4.78. The van der Waals surface area contributed by atoms with E-state index in [1.165, 1.54) is 12.1 Å². The molecule has 1 aromatic heterocycles. The summed E-state index contributed by atoms with van der Waals surface area (Å²) in [6, 6.07) is 10.1. The Bertz CT molecular complexity index is 652. The van der Waals surface area contributed by atoms with Gasteiger partial charge in [-0.2, -0.15) is 0 Å². The van der Waals surface area contributed by atoms with Crippen LogP contribution in [0.2, 0.25) is 0 Å². The Kier molecular flexibility index (Phi) is 5.06. The second-order valence-corrected chi connectivity index (χ2v) is 6.40. The number of benzene rings is 1. The van der Waals surface area contributed by atoms with Crippen molar-refractivity contribution < 1.29 is 9.13 Å². The smallest absolute Gasteiger partial charge is 0.148 e. The summed E-state index contributed by atoms with van der Waals surface area (Å²) in [5, 5.41) is 11.9. The summed E-state index contributed by atoms with van der Waals surface area (Å²) in [6.07, 6.45) is 1.99. The average molecular weight is 330 g/mol. The first-order valence-corrected chi connectivity index (χ1v) is 8.18. The van der Waals surface area contributed by atoms with Crippen molar-refractivity contribution in [2.24, 2.45) is 0 Å². The molecule has 2 heterocycles. The highest BCUT2D eigenvalue weighted by molar-refractivity contribution is 5.59. The first kappa shape index (κ1) is 16.8. The predicted molar refractivity (Wildman–Crippen MR) is 92.4 cm³/mol. The summed E-state index contributed by atoms with van der Waals surface area (Å²) in [6.45, 7) is 2.37. The summed E-state index contributed by atoms with van der Waals surface area (Å²) < 4.78 is 18.5. The third kappa shape index (κ3) is 3.71. The number of aromatic nitrogens is 2. The van der Waals surface area contributed by atoms with Crippen molar-refractivity contribution in [3.05, 3.63) is 42.2 Å². The quantitative estimate of drug-likeness (QED) is 0.913. The molecule has 0 saturated carbocycles. The Morgan fingerprint density at radius 1 is 1.08 bits per heavy atom. The Morgan fingerprint density at radius 3 is 2.38 bits per heavy atom. The van der Waals surface area contributed by atoms with Gasteiger partial charge in [0, 0.05) is 30.9 Å². The molecule has 5 nitrogen and oxygen atoms in total. The lowest BCUT2D eigenvalue weighted by atomic mass is 9.88. The number of hydrogen-bond acceptors (Lipinski definition) is 5. The number of rotatable bonds is 5. The molecule has 128 valence electrons. The minimum Gasteiger partial charge on any atom is -0.381 e. The minimum atomic E-state index is -0.254. The van der Waals surface area contributed by atoms with Gasteiger partial charge in [0.2, 0.25) is 0 Å². The van der Waals surface area contributed by atoms with E-state index in [0.29, 0.717) is 0 Å². The van der Waals surface area contributed by atoms with E-state index < -0.39 is 0 Å². The van der Waals surface area contributed by atoms with Crippen molar-refractivity contribution in [2.75, 3.05) is 39.2 Å². The minimum absolute atomic E-state index is 0.0789. The van der Waals surface area contributed by atoms with Gasteiger partial charge in [0.25, 0.3) is 0 Å². The van der Waals surface area contributed by atoms with E-state index in [9.17, 15) is 4.39 Å². The highest BCUT2D eigenvalue weighted by Gasteiger charge is 2.34. The van der Waals surface area contributed by atoms with Gasteiger partial charge >= 0.3 is 0 Å². The van der Waals surface area contributed by atoms with Crippen LogP contribution in [-0.4, -0.2) is 54.5 Å². The van der Waals surface area contributed by atoms with Crippen LogP contribution in [-0.2, 0) is 4.74 Å². The zero-order chi connectivity index (χ0) is 17.0. The molecular weight excluding hydrogens is 307 g/mol. The van der Waals surface area contributed by atoms with E-state index in [2.05, 4.69) is 34.5 Å². The maximum absolute atomic E-state index is 13.0. The Labute approximate surface area is 141 Å². The molecule has 6 heteroatoms. The van der Waals surface area contributed by atoms with Crippen LogP contribution in [0.5, 0.6) is 0 Å². The highest BCUT2D eigenvalue weighted by Crippen LogP contribution is 2.26. The SMILES string of the molecule is CN(C)C1(CNc2ccc(-c3ccc(F)cc3)nn2)CCOCC1. The number of anilines is 1. The summed E-state index contributed by atoms with van der Waals surface area (Å²) in [5.41, 5.74) is 1.66. The van der Waals surface area contributed by atoms with Crippen molar-refractivity contribution in [1.82, 2.24) is 15.1 Å². The van der Waals surface area contributed by atoms with Crippen molar-refractivity contribution in [2.45, 2.75) is 18.4 Å². The van der Waals surface area contributed by atoms with Crippen LogP contribution in [0.3, 0.4) is 0 Å². The van der Waals surface area contributed by atoms with Crippen LogP contribution in [0.1, 0.15) is 12.8 Å². The molecule has 0 unspecified atom stereocenters. The maximum Gasteiger partial charge on any atom is 0.148 e. The molecular formula is C18H23FN4O. The molecule has 1 aliphatic rings. The van der Waals surface area contributed by atoms with Crippen LogP contribution in [0.25, 0.3) is 11.3 Å². The lowest BCUT2D eigenvalue weighted by Crippen LogP contribution is -2.53. The number of nitrogens with zero attached hydrogens (tertiary/aromatic N) is 3. The predicted octanol–water partition coefficient (Wildman–Crippen LogP) is 2.81. The lowest BCUT2D eigenvalue weighted by molar-refractivity contribution is -0.000670. The zero-order valence-electron chi connectivity index (χ0n) is 14.1. The first-order chi connectivity index (χ1) is 11.6. The van der Waals surface area contributed by atoms with E-state index >= 15 is 0 Å². The van der Waals surface area contributed by atoms with Gasteiger partial charge < -0.3 is 15.0 Å². The van der Waals surface area contributed by atoms with E-state index in [1.54, 1.807) is 12.1 Å². The van der Waals surface area contributed by atoms with Crippen molar-refractivity contribution in [1.29, 1.82) is 0 Å². The van der Waals surface area contributed by atoms with Gasteiger partial charge in [0.1, 0.15) is 11.6 Å². The van der Waals surface area contributed by atoms with E-state index in [4.69, 9.17) is 4.74 Å². The van der Waals surface area contributed by atoms with Crippen LogP contribution in [0.15, 0.2) is 36.4 Å².